The molecule has 0 aliphatic carbocycles. The molecule has 15 heavy (non-hydrogen) atoms. The topological polar surface area (TPSA) is 146 Å². The minimum absolute atomic E-state index is 0.108. The van der Waals surface area contributed by atoms with Crippen LogP contribution in [0, 0.1) is 0 Å². The molecule has 0 bridgehead atoms. The maximum atomic E-state index is 11.1. The maximum absolute atomic E-state index is 11.1. The van der Waals surface area contributed by atoms with Crippen LogP contribution in [0.3, 0.4) is 0 Å². The third-order valence-corrected chi connectivity index (χ3v) is 1.92. The van der Waals surface area contributed by atoms with Crippen LogP contribution in [0.15, 0.2) is 9.59 Å². The van der Waals surface area contributed by atoms with Crippen molar-refractivity contribution in [3.05, 3.63) is 32.1 Å². The van der Waals surface area contributed by atoms with Crippen LogP contribution in [-0.2, 0) is 6.42 Å². The lowest BCUT2D eigenvalue weighted by atomic mass is 10.2. The Hall–Kier alpha value is -2.52. The van der Waals surface area contributed by atoms with Gasteiger partial charge in [0.05, 0.1) is 0 Å². The Morgan fingerprint density at radius 3 is 1.60 bits per heavy atom. The molecule has 0 amide bonds. The minimum atomic E-state index is -0.585. The van der Waals surface area contributed by atoms with Gasteiger partial charge in [0.25, 0.3) is 11.4 Å². The molecule has 10 nitrogen and oxygen atoms in total. The highest BCUT2D eigenvalue weighted by Gasteiger charge is 2.25. The molecule has 2 aromatic rings. The molecule has 0 aliphatic rings. The summed E-state index contributed by atoms with van der Waals surface area (Å²) in [5.74, 6) is 0. The van der Waals surface area contributed by atoms with E-state index in [1.807, 2.05) is 0 Å². The van der Waals surface area contributed by atoms with E-state index >= 15 is 0 Å². The predicted molar refractivity (Wildman–Crippen MR) is 40.4 cm³/mol. The zero-order valence-electron chi connectivity index (χ0n) is 7.31. The van der Waals surface area contributed by atoms with Crippen molar-refractivity contribution < 1.29 is 20.1 Å². The molecule has 2 heterocycles. The highest BCUT2D eigenvalue weighted by Crippen LogP contribution is 1.87. The Kier molecular flexibility index (Phi) is 1.81. The van der Waals surface area contributed by atoms with Gasteiger partial charge in [-0.15, -0.1) is 10.2 Å². The first-order chi connectivity index (χ1) is 7.09. The van der Waals surface area contributed by atoms with Crippen LogP contribution in [0.2, 0.25) is 0 Å². The van der Waals surface area contributed by atoms with E-state index in [-0.39, 0.29) is 17.8 Å². The van der Waals surface area contributed by atoms with E-state index < -0.39 is 11.1 Å². The van der Waals surface area contributed by atoms with Crippen LogP contribution in [-0.4, -0.2) is 31.0 Å². The molecule has 0 atom stereocenters. The van der Waals surface area contributed by atoms with Gasteiger partial charge in [0, 0.05) is 9.69 Å². The molecular formula is C5H8N6O4+2. The number of aromatic amines is 4. The number of rotatable bonds is 2. The smallest absolute Gasteiger partial charge is 0.331 e. The molecule has 10 heteroatoms. The number of H-pyrrole nitrogens is 4. The van der Waals surface area contributed by atoms with E-state index in [2.05, 4.69) is 20.6 Å². The average molecular weight is 216 g/mol. The third-order valence-electron chi connectivity index (χ3n) is 1.92. The number of aromatic nitrogens is 6. The fraction of sp³-hybridized carbons (Fsp3) is 0.200. The zero-order chi connectivity index (χ0) is 11.0. The van der Waals surface area contributed by atoms with Crippen molar-refractivity contribution in [3.63, 3.8) is 0 Å². The van der Waals surface area contributed by atoms with Gasteiger partial charge in [-0.3, -0.25) is 0 Å². The van der Waals surface area contributed by atoms with E-state index in [0.29, 0.717) is 9.69 Å². The Balaban J connectivity index is 2.46. The Labute approximate surface area is 80.3 Å². The lowest BCUT2D eigenvalue weighted by Gasteiger charge is -1.86. The summed E-state index contributed by atoms with van der Waals surface area (Å²) in [6.07, 6.45) is -0.231. The standard InChI is InChI=1S/C5H6N6O4/c12-4-2(10(14)8-6-4)1-3-5(13)7-9-11(3)15/h12-15H,1H2/p+2. The lowest BCUT2D eigenvalue weighted by molar-refractivity contribution is -0.961. The largest absolute Gasteiger partial charge is 0.399 e. The summed E-state index contributed by atoms with van der Waals surface area (Å²) in [7, 11) is 0. The fourth-order valence-corrected chi connectivity index (χ4v) is 1.15. The van der Waals surface area contributed by atoms with Crippen molar-refractivity contribution >= 4 is 0 Å². The molecule has 0 aromatic carbocycles. The first-order valence-corrected chi connectivity index (χ1v) is 3.91. The fourth-order valence-electron chi connectivity index (χ4n) is 1.15. The molecule has 6 N–H and O–H groups in total. The zero-order valence-corrected chi connectivity index (χ0v) is 7.31. The molecule has 0 saturated heterocycles. The van der Waals surface area contributed by atoms with Crippen LogP contribution >= 0.6 is 0 Å². The summed E-state index contributed by atoms with van der Waals surface area (Å²) in [4.78, 5) is 23.1. The summed E-state index contributed by atoms with van der Waals surface area (Å²) >= 11 is 0. The second-order valence-corrected chi connectivity index (χ2v) is 2.83. The van der Waals surface area contributed by atoms with Crippen molar-refractivity contribution in [1.82, 2.24) is 20.6 Å². The molecule has 0 radical (unpaired) electrons. The van der Waals surface area contributed by atoms with Crippen LogP contribution in [0.25, 0.3) is 0 Å². The van der Waals surface area contributed by atoms with E-state index in [4.69, 9.17) is 10.4 Å². The van der Waals surface area contributed by atoms with Crippen LogP contribution in [0.5, 0.6) is 0 Å². The van der Waals surface area contributed by atoms with Gasteiger partial charge in [0.15, 0.2) is 0 Å². The second kappa shape index (κ2) is 3.01. The van der Waals surface area contributed by atoms with Crippen molar-refractivity contribution in [2.24, 2.45) is 0 Å². The van der Waals surface area contributed by atoms with E-state index in [9.17, 15) is 9.59 Å². The van der Waals surface area contributed by atoms with Crippen LogP contribution < -0.4 is 20.8 Å². The SMILES string of the molecule is O=c1[nH][nH][n+](O)c1Cc1c(=O)[nH][nH][n+]1O. The van der Waals surface area contributed by atoms with Gasteiger partial charge in [-0.05, 0) is 0 Å². The Morgan fingerprint density at radius 1 is 0.933 bits per heavy atom. The average Bonchev–Trinajstić information content (AvgIpc) is 2.67. The molecule has 0 fully saturated rings. The number of nitrogens with one attached hydrogen (secondary N) is 4. The summed E-state index contributed by atoms with van der Waals surface area (Å²) in [6.45, 7) is 0. The third kappa shape index (κ3) is 1.37. The van der Waals surface area contributed by atoms with Crippen molar-refractivity contribution in [1.29, 1.82) is 0 Å². The van der Waals surface area contributed by atoms with Gasteiger partial charge in [0.2, 0.25) is 0 Å². The van der Waals surface area contributed by atoms with E-state index in [0.717, 1.165) is 0 Å². The molecule has 0 unspecified atom stereocenters. The van der Waals surface area contributed by atoms with Gasteiger partial charge in [-0.1, -0.05) is 10.4 Å². The first kappa shape index (κ1) is 9.05. The summed E-state index contributed by atoms with van der Waals surface area (Å²) in [5, 5.41) is 26.7. The monoisotopic (exact) mass is 216 g/mol. The van der Waals surface area contributed by atoms with Crippen molar-refractivity contribution in [2.75, 3.05) is 0 Å². The number of hydrogen-bond acceptors (Lipinski definition) is 4. The van der Waals surface area contributed by atoms with Crippen molar-refractivity contribution in [2.45, 2.75) is 6.42 Å². The molecular weight excluding hydrogens is 208 g/mol. The van der Waals surface area contributed by atoms with Crippen LogP contribution in [0.1, 0.15) is 11.4 Å². The maximum Gasteiger partial charge on any atom is 0.399 e. The Morgan fingerprint density at radius 2 is 1.33 bits per heavy atom. The van der Waals surface area contributed by atoms with Crippen LogP contribution in [0.4, 0.5) is 0 Å². The predicted octanol–water partition coefficient (Wildman–Crippen LogP) is -3.64. The summed E-state index contributed by atoms with van der Waals surface area (Å²) < 4.78 is 0. The summed E-state index contributed by atoms with van der Waals surface area (Å²) in [6, 6.07) is 0. The molecule has 0 aliphatic heterocycles. The molecule has 2 rings (SSSR count). The number of hydrogen-bond donors (Lipinski definition) is 6. The van der Waals surface area contributed by atoms with Gasteiger partial charge >= 0.3 is 11.1 Å². The Bertz CT molecular complexity index is 535. The highest BCUT2D eigenvalue weighted by molar-refractivity contribution is 4.99. The molecule has 0 spiro atoms. The van der Waals surface area contributed by atoms with Gasteiger partial charge in [-0.25, -0.2) is 9.59 Å². The minimum Gasteiger partial charge on any atom is -0.331 e. The normalized spacial score (nSPS) is 10.7. The van der Waals surface area contributed by atoms with E-state index in [1.165, 1.54) is 0 Å². The molecule has 2 aromatic heterocycles. The van der Waals surface area contributed by atoms with Crippen molar-refractivity contribution in [3.8, 4) is 0 Å². The van der Waals surface area contributed by atoms with Gasteiger partial charge < -0.3 is 10.4 Å². The van der Waals surface area contributed by atoms with Gasteiger partial charge in [0.1, 0.15) is 6.42 Å². The quantitative estimate of drug-likeness (QED) is 0.227. The molecule has 0 saturated carbocycles. The number of nitrogens with zero attached hydrogens (tertiary/aromatic N) is 2. The second-order valence-electron chi connectivity index (χ2n) is 2.83. The first-order valence-electron chi connectivity index (χ1n) is 3.91. The lowest BCUT2D eigenvalue weighted by Crippen LogP contribution is -2.43. The molecule has 80 valence electrons. The highest BCUT2D eigenvalue weighted by atomic mass is 16.5. The van der Waals surface area contributed by atoms with Gasteiger partial charge in [-0.2, -0.15) is 0 Å². The van der Waals surface area contributed by atoms with E-state index in [1.54, 1.807) is 0 Å². The summed E-state index contributed by atoms with van der Waals surface area (Å²) in [5.41, 5.74) is -1.39.